The normalized spacial score (nSPS) is 18.9. The molecule has 0 spiro atoms. The summed E-state index contributed by atoms with van der Waals surface area (Å²) in [5.74, 6) is -3.77. The molecule has 0 saturated carbocycles. The predicted molar refractivity (Wildman–Crippen MR) is 60.9 cm³/mol. The maximum atomic E-state index is 13.8. The number of halogens is 1. The first-order chi connectivity index (χ1) is 8.99. The highest BCUT2D eigenvalue weighted by Crippen LogP contribution is 2.18. The summed E-state index contributed by atoms with van der Waals surface area (Å²) in [6.07, 6.45) is 1.45. The molecule has 1 aromatic rings. The molecule has 0 bridgehead atoms. The summed E-state index contributed by atoms with van der Waals surface area (Å²) in [7, 11) is 0. The van der Waals surface area contributed by atoms with Crippen LogP contribution in [0.5, 0.6) is 0 Å². The molecule has 1 atom stereocenters. The summed E-state index contributed by atoms with van der Waals surface area (Å²) in [5, 5.41) is 13.4. The van der Waals surface area contributed by atoms with Crippen LogP contribution in [0.4, 0.5) is 10.2 Å². The van der Waals surface area contributed by atoms with E-state index in [0.717, 1.165) is 12.3 Å². The van der Waals surface area contributed by atoms with E-state index in [2.05, 4.69) is 15.6 Å². The Morgan fingerprint density at radius 1 is 1.53 bits per heavy atom. The van der Waals surface area contributed by atoms with Gasteiger partial charge in [-0.05, 0) is 12.5 Å². The van der Waals surface area contributed by atoms with Crippen molar-refractivity contribution in [1.82, 2.24) is 10.3 Å². The summed E-state index contributed by atoms with van der Waals surface area (Å²) in [5.41, 5.74) is -0.537. The lowest BCUT2D eigenvalue weighted by molar-refractivity contribution is -0.133. The van der Waals surface area contributed by atoms with Crippen molar-refractivity contribution in [2.45, 2.75) is 18.9 Å². The fourth-order valence-corrected chi connectivity index (χ4v) is 1.71. The molecule has 2 amide bonds. The van der Waals surface area contributed by atoms with E-state index in [9.17, 15) is 18.8 Å². The summed E-state index contributed by atoms with van der Waals surface area (Å²) in [6.45, 7) is 0. The number of carbonyl (C=O) groups is 3. The van der Waals surface area contributed by atoms with Crippen molar-refractivity contribution in [3.63, 3.8) is 0 Å². The number of piperidine rings is 1. The van der Waals surface area contributed by atoms with Crippen LogP contribution in [-0.2, 0) is 9.59 Å². The van der Waals surface area contributed by atoms with Gasteiger partial charge in [-0.1, -0.05) is 0 Å². The molecular formula is C11H10FN3O4. The fraction of sp³-hybridized carbons (Fsp3) is 0.273. The van der Waals surface area contributed by atoms with E-state index in [1.54, 1.807) is 0 Å². The molecule has 0 radical (unpaired) electrons. The number of hydrogen-bond acceptors (Lipinski definition) is 5. The second-order valence-corrected chi connectivity index (χ2v) is 3.97. The van der Waals surface area contributed by atoms with Crippen LogP contribution < -0.4 is 10.6 Å². The zero-order valence-corrected chi connectivity index (χ0v) is 9.64. The molecule has 2 rings (SSSR count). The molecule has 1 aliphatic rings. The monoisotopic (exact) mass is 267 g/mol. The Labute approximate surface area is 106 Å². The van der Waals surface area contributed by atoms with Crippen molar-refractivity contribution in [3.8, 4) is 0 Å². The Morgan fingerprint density at radius 2 is 2.26 bits per heavy atom. The van der Waals surface area contributed by atoms with Gasteiger partial charge in [0.2, 0.25) is 11.8 Å². The van der Waals surface area contributed by atoms with E-state index in [0.29, 0.717) is 0 Å². The number of rotatable bonds is 3. The van der Waals surface area contributed by atoms with Gasteiger partial charge >= 0.3 is 5.97 Å². The van der Waals surface area contributed by atoms with E-state index in [1.165, 1.54) is 0 Å². The zero-order valence-electron chi connectivity index (χ0n) is 9.64. The molecule has 1 aromatic heterocycles. The molecule has 1 saturated heterocycles. The number of imide groups is 1. The standard InChI is InChI=1S/C11H10FN3O4/c12-8-5(11(18)19)3-4-13-9(8)14-6-1-2-7(16)15-10(6)17/h3-4,6H,1-2H2,(H,13,14)(H,18,19)(H,15,16,17). The third kappa shape index (κ3) is 2.67. The summed E-state index contributed by atoms with van der Waals surface area (Å²) < 4.78 is 13.8. The van der Waals surface area contributed by atoms with Crippen molar-refractivity contribution in [2.24, 2.45) is 0 Å². The smallest absolute Gasteiger partial charge is 0.338 e. The molecular weight excluding hydrogens is 257 g/mol. The number of aromatic nitrogens is 1. The Bertz CT molecular complexity index is 561. The number of nitrogens with one attached hydrogen (secondary N) is 2. The van der Waals surface area contributed by atoms with Gasteiger partial charge in [-0.25, -0.2) is 14.2 Å². The Morgan fingerprint density at radius 3 is 2.89 bits per heavy atom. The molecule has 19 heavy (non-hydrogen) atoms. The quantitative estimate of drug-likeness (QED) is 0.672. The Kier molecular flexibility index (Phi) is 3.41. The van der Waals surface area contributed by atoms with Crippen LogP contribution >= 0.6 is 0 Å². The fourth-order valence-electron chi connectivity index (χ4n) is 1.71. The number of nitrogens with zero attached hydrogens (tertiary/aromatic N) is 1. The summed E-state index contributed by atoms with van der Waals surface area (Å²) >= 11 is 0. The van der Waals surface area contributed by atoms with Crippen molar-refractivity contribution in [3.05, 3.63) is 23.6 Å². The Hall–Kier alpha value is -2.51. The van der Waals surface area contributed by atoms with Gasteiger partial charge in [0.25, 0.3) is 0 Å². The van der Waals surface area contributed by atoms with Gasteiger partial charge in [0.1, 0.15) is 11.6 Å². The van der Waals surface area contributed by atoms with Gasteiger partial charge in [0, 0.05) is 12.6 Å². The third-order valence-corrected chi connectivity index (χ3v) is 2.67. The molecule has 1 aliphatic heterocycles. The zero-order chi connectivity index (χ0) is 14.0. The van der Waals surface area contributed by atoms with Gasteiger partial charge in [-0.3, -0.25) is 14.9 Å². The predicted octanol–water partition coefficient (Wildman–Crippen LogP) is 0.136. The van der Waals surface area contributed by atoms with Crippen molar-refractivity contribution in [1.29, 1.82) is 0 Å². The number of aromatic carboxylic acids is 1. The highest BCUT2D eigenvalue weighted by Gasteiger charge is 2.28. The van der Waals surface area contributed by atoms with Gasteiger partial charge in [-0.2, -0.15) is 0 Å². The molecule has 1 unspecified atom stereocenters. The first-order valence-corrected chi connectivity index (χ1v) is 5.47. The molecule has 100 valence electrons. The lowest BCUT2D eigenvalue weighted by Crippen LogP contribution is -2.47. The van der Waals surface area contributed by atoms with Crippen LogP contribution in [0.1, 0.15) is 23.2 Å². The van der Waals surface area contributed by atoms with Crippen LogP contribution in [0.2, 0.25) is 0 Å². The number of carboxylic acid groups (broad SMARTS) is 1. The number of anilines is 1. The van der Waals surface area contributed by atoms with Crippen molar-refractivity contribution in [2.75, 3.05) is 5.32 Å². The molecule has 0 aromatic carbocycles. The van der Waals surface area contributed by atoms with E-state index >= 15 is 0 Å². The number of amides is 2. The molecule has 7 nitrogen and oxygen atoms in total. The third-order valence-electron chi connectivity index (χ3n) is 2.67. The van der Waals surface area contributed by atoms with Crippen LogP contribution in [0, 0.1) is 5.82 Å². The minimum absolute atomic E-state index is 0.129. The van der Waals surface area contributed by atoms with E-state index in [1.807, 2.05) is 0 Å². The van der Waals surface area contributed by atoms with Crippen molar-refractivity contribution < 1.29 is 23.9 Å². The van der Waals surface area contributed by atoms with Crippen LogP contribution in [-0.4, -0.2) is 33.9 Å². The topological polar surface area (TPSA) is 108 Å². The maximum Gasteiger partial charge on any atom is 0.338 e. The molecule has 8 heteroatoms. The number of pyridine rings is 1. The molecule has 3 N–H and O–H groups in total. The average molecular weight is 267 g/mol. The molecule has 2 heterocycles. The van der Waals surface area contributed by atoms with E-state index in [4.69, 9.17) is 5.11 Å². The highest BCUT2D eigenvalue weighted by atomic mass is 19.1. The second-order valence-electron chi connectivity index (χ2n) is 3.97. The van der Waals surface area contributed by atoms with Crippen LogP contribution in [0.3, 0.4) is 0 Å². The SMILES string of the molecule is O=C1CCC(Nc2nccc(C(=O)O)c2F)C(=O)N1. The number of hydrogen-bond donors (Lipinski definition) is 3. The van der Waals surface area contributed by atoms with Gasteiger partial charge in [0.05, 0.1) is 0 Å². The molecule has 0 aliphatic carbocycles. The summed E-state index contributed by atoms with van der Waals surface area (Å²) in [4.78, 5) is 36.8. The minimum atomic E-state index is -1.42. The first-order valence-electron chi connectivity index (χ1n) is 5.47. The Balaban J connectivity index is 2.20. The van der Waals surface area contributed by atoms with Gasteiger partial charge < -0.3 is 10.4 Å². The van der Waals surface area contributed by atoms with Gasteiger partial charge in [-0.15, -0.1) is 0 Å². The largest absolute Gasteiger partial charge is 0.478 e. The minimum Gasteiger partial charge on any atom is -0.478 e. The highest BCUT2D eigenvalue weighted by molar-refractivity contribution is 6.01. The maximum absolute atomic E-state index is 13.8. The molecule has 1 fully saturated rings. The van der Waals surface area contributed by atoms with Crippen LogP contribution in [0.25, 0.3) is 0 Å². The first kappa shape index (κ1) is 12.9. The van der Waals surface area contributed by atoms with Crippen molar-refractivity contribution >= 4 is 23.6 Å². The lowest BCUT2D eigenvalue weighted by Gasteiger charge is -2.22. The number of carboxylic acids is 1. The van der Waals surface area contributed by atoms with E-state index < -0.39 is 35.2 Å². The second kappa shape index (κ2) is 5.01. The van der Waals surface area contributed by atoms with Crippen LogP contribution in [0.15, 0.2) is 12.3 Å². The summed E-state index contributed by atoms with van der Waals surface area (Å²) in [6, 6.07) is 0.205. The lowest BCUT2D eigenvalue weighted by atomic mass is 10.1. The average Bonchev–Trinajstić information content (AvgIpc) is 2.34. The van der Waals surface area contributed by atoms with Gasteiger partial charge in [0.15, 0.2) is 11.6 Å². The van der Waals surface area contributed by atoms with E-state index in [-0.39, 0.29) is 18.7 Å². The number of carbonyl (C=O) groups excluding carboxylic acids is 2.